The molecule has 0 amide bonds. The Morgan fingerprint density at radius 3 is 2.54 bits per heavy atom. The van der Waals surface area contributed by atoms with Crippen LogP contribution in [0.5, 0.6) is 0 Å². The summed E-state index contributed by atoms with van der Waals surface area (Å²) in [7, 11) is -3.74. The lowest BCUT2D eigenvalue weighted by Crippen LogP contribution is -2.12. The molecular weight excluding hydrogens is 324 g/mol. The van der Waals surface area contributed by atoms with Gasteiger partial charge in [0.2, 0.25) is 0 Å². The van der Waals surface area contributed by atoms with Crippen LogP contribution < -0.4 is 0 Å². The van der Waals surface area contributed by atoms with Crippen LogP contribution in [0.4, 0.5) is 0 Å². The van der Waals surface area contributed by atoms with Crippen LogP contribution in [-0.4, -0.2) is 20.8 Å². The van der Waals surface area contributed by atoms with Gasteiger partial charge in [-0.15, -0.1) is 0 Å². The van der Waals surface area contributed by atoms with Crippen LogP contribution in [0.1, 0.15) is 39.9 Å². The van der Waals surface area contributed by atoms with E-state index in [1.807, 2.05) is 25.1 Å². The molecule has 2 aromatic rings. The van der Waals surface area contributed by atoms with Crippen molar-refractivity contribution in [1.29, 1.82) is 0 Å². The number of benzene rings is 2. The first-order chi connectivity index (χ1) is 11.5. The second kappa shape index (κ2) is 6.87. The van der Waals surface area contributed by atoms with E-state index in [0.717, 1.165) is 35.1 Å². The number of aryl methyl sites for hydroxylation is 2. The highest BCUT2D eigenvalue weighted by Crippen LogP contribution is 2.23. The molecule has 0 saturated carbocycles. The van der Waals surface area contributed by atoms with Crippen molar-refractivity contribution in [3.63, 3.8) is 0 Å². The third kappa shape index (κ3) is 3.74. The van der Waals surface area contributed by atoms with Crippen LogP contribution in [0.25, 0.3) is 0 Å². The highest BCUT2D eigenvalue weighted by molar-refractivity contribution is 7.86. The summed E-state index contributed by atoms with van der Waals surface area (Å²) in [5.41, 5.74) is 3.78. The van der Waals surface area contributed by atoms with Crippen LogP contribution in [0.3, 0.4) is 0 Å². The first kappa shape index (κ1) is 16.9. The second-order valence-corrected chi connectivity index (χ2v) is 7.72. The lowest BCUT2D eigenvalue weighted by Gasteiger charge is -2.15. The van der Waals surface area contributed by atoms with Gasteiger partial charge >= 0.3 is 0 Å². The smallest absolute Gasteiger partial charge is 0.294 e. The van der Waals surface area contributed by atoms with Crippen LogP contribution in [0, 0.1) is 6.92 Å². The number of hydrogen-bond acceptors (Lipinski definition) is 4. The maximum atomic E-state index is 12.1. The summed E-state index contributed by atoms with van der Waals surface area (Å²) in [4.78, 5) is 12.1. The van der Waals surface area contributed by atoms with E-state index in [2.05, 4.69) is 0 Å². The van der Waals surface area contributed by atoms with Crippen molar-refractivity contribution in [2.75, 3.05) is 6.61 Å². The Kier molecular flexibility index (Phi) is 4.83. The number of Topliss-reactive ketones (excluding diaryl/α,β-unsaturated/α-hetero) is 1. The maximum Gasteiger partial charge on any atom is 0.296 e. The highest BCUT2D eigenvalue weighted by Gasteiger charge is 2.18. The van der Waals surface area contributed by atoms with Crippen molar-refractivity contribution < 1.29 is 17.4 Å². The predicted octanol–water partition coefficient (Wildman–Crippen LogP) is 3.46. The van der Waals surface area contributed by atoms with E-state index in [1.54, 1.807) is 24.3 Å². The largest absolute Gasteiger partial charge is 0.296 e. The zero-order chi connectivity index (χ0) is 17.2. The minimum absolute atomic E-state index is 0.0587. The van der Waals surface area contributed by atoms with Crippen LogP contribution >= 0.6 is 0 Å². The van der Waals surface area contributed by atoms with Gasteiger partial charge in [-0.3, -0.25) is 8.98 Å². The SMILES string of the molecule is Cc1ccc(S(=O)(=O)OCCc2ccc3c(c2)C(=O)CCC3)cc1. The van der Waals surface area contributed by atoms with Gasteiger partial charge in [0.15, 0.2) is 5.78 Å². The lowest BCUT2D eigenvalue weighted by molar-refractivity contribution is 0.0972. The molecule has 0 aromatic heterocycles. The number of rotatable bonds is 5. The summed E-state index contributed by atoms with van der Waals surface area (Å²) in [5.74, 6) is 0.172. The van der Waals surface area contributed by atoms with Gasteiger partial charge in [0, 0.05) is 12.0 Å². The average Bonchev–Trinajstić information content (AvgIpc) is 2.56. The molecule has 0 atom stereocenters. The van der Waals surface area contributed by atoms with Crippen LogP contribution in [-0.2, 0) is 27.1 Å². The van der Waals surface area contributed by atoms with E-state index < -0.39 is 10.1 Å². The molecule has 0 aliphatic heterocycles. The lowest BCUT2D eigenvalue weighted by atomic mass is 9.89. The van der Waals surface area contributed by atoms with Crippen molar-refractivity contribution in [1.82, 2.24) is 0 Å². The number of carbonyl (C=O) groups is 1. The molecule has 2 aromatic carbocycles. The Bertz CT molecular complexity index is 851. The van der Waals surface area contributed by atoms with Crippen molar-refractivity contribution in [2.24, 2.45) is 0 Å². The molecule has 1 aliphatic carbocycles. The van der Waals surface area contributed by atoms with Gasteiger partial charge in [0.1, 0.15) is 0 Å². The van der Waals surface area contributed by atoms with E-state index >= 15 is 0 Å². The van der Waals surface area contributed by atoms with E-state index in [-0.39, 0.29) is 17.3 Å². The summed E-state index contributed by atoms with van der Waals surface area (Å²) in [6.07, 6.45) is 2.88. The standard InChI is InChI=1S/C19H20O4S/c1-14-5-9-17(10-6-14)24(21,22)23-12-11-15-7-8-16-3-2-4-19(20)18(16)13-15/h5-10,13H,2-4,11-12H2,1H3. The molecule has 0 heterocycles. The van der Waals surface area contributed by atoms with Gasteiger partial charge in [0.25, 0.3) is 10.1 Å². The van der Waals surface area contributed by atoms with Gasteiger partial charge in [0.05, 0.1) is 11.5 Å². The molecule has 0 unspecified atom stereocenters. The molecule has 4 nitrogen and oxygen atoms in total. The third-order valence-corrected chi connectivity index (χ3v) is 5.59. The maximum absolute atomic E-state index is 12.1. The normalized spacial score (nSPS) is 14.5. The Morgan fingerprint density at radius 1 is 1.04 bits per heavy atom. The molecule has 5 heteroatoms. The Hall–Kier alpha value is -1.98. The molecule has 126 valence electrons. The molecule has 0 fully saturated rings. The van der Waals surface area contributed by atoms with E-state index in [1.165, 1.54) is 0 Å². The topological polar surface area (TPSA) is 60.4 Å². The summed E-state index contributed by atoms with van der Waals surface area (Å²) >= 11 is 0. The Labute approximate surface area is 142 Å². The van der Waals surface area contributed by atoms with Crippen molar-refractivity contribution >= 4 is 15.9 Å². The molecule has 0 radical (unpaired) electrons. The van der Waals surface area contributed by atoms with Crippen LogP contribution in [0.2, 0.25) is 0 Å². The van der Waals surface area contributed by atoms with Crippen molar-refractivity contribution in [2.45, 2.75) is 37.5 Å². The zero-order valence-electron chi connectivity index (χ0n) is 13.6. The summed E-state index contributed by atoms with van der Waals surface area (Å²) in [6, 6.07) is 12.4. The molecule has 0 spiro atoms. The summed E-state index contributed by atoms with van der Waals surface area (Å²) in [6.45, 7) is 1.96. The molecule has 1 aliphatic rings. The fourth-order valence-electron chi connectivity index (χ4n) is 2.87. The van der Waals surface area contributed by atoms with Crippen molar-refractivity contribution in [3.05, 3.63) is 64.7 Å². The van der Waals surface area contributed by atoms with E-state index in [0.29, 0.717) is 12.8 Å². The average molecular weight is 344 g/mol. The van der Waals surface area contributed by atoms with E-state index in [9.17, 15) is 13.2 Å². The Morgan fingerprint density at radius 2 is 1.79 bits per heavy atom. The number of carbonyl (C=O) groups excluding carboxylic acids is 1. The van der Waals surface area contributed by atoms with E-state index in [4.69, 9.17) is 4.18 Å². The molecule has 0 bridgehead atoms. The number of fused-ring (bicyclic) bond motifs is 1. The van der Waals surface area contributed by atoms with Gasteiger partial charge in [-0.1, -0.05) is 29.8 Å². The fraction of sp³-hybridized carbons (Fsp3) is 0.316. The quantitative estimate of drug-likeness (QED) is 0.779. The van der Waals surface area contributed by atoms with Gasteiger partial charge in [-0.25, -0.2) is 0 Å². The molecule has 0 saturated heterocycles. The first-order valence-electron chi connectivity index (χ1n) is 8.07. The molecule has 24 heavy (non-hydrogen) atoms. The monoisotopic (exact) mass is 344 g/mol. The van der Waals surface area contributed by atoms with Gasteiger partial charge in [-0.05, 0) is 55.5 Å². The minimum Gasteiger partial charge on any atom is -0.294 e. The van der Waals surface area contributed by atoms with Crippen molar-refractivity contribution in [3.8, 4) is 0 Å². The minimum atomic E-state index is -3.74. The summed E-state index contributed by atoms with van der Waals surface area (Å²) in [5, 5.41) is 0. The third-order valence-electron chi connectivity index (χ3n) is 4.26. The predicted molar refractivity (Wildman–Crippen MR) is 91.7 cm³/mol. The van der Waals surface area contributed by atoms with Gasteiger partial charge in [-0.2, -0.15) is 8.42 Å². The van der Waals surface area contributed by atoms with Gasteiger partial charge < -0.3 is 0 Å². The Balaban J connectivity index is 1.65. The number of ketones is 1. The molecule has 0 N–H and O–H groups in total. The first-order valence-corrected chi connectivity index (χ1v) is 9.48. The molecule has 3 rings (SSSR count). The molecular formula is C19H20O4S. The van der Waals surface area contributed by atoms with Crippen LogP contribution in [0.15, 0.2) is 47.4 Å². The highest BCUT2D eigenvalue weighted by atomic mass is 32.2. The zero-order valence-corrected chi connectivity index (χ0v) is 14.4. The number of hydrogen-bond donors (Lipinski definition) is 0. The fourth-order valence-corrected chi connectivity index (χ4v) is 3.78. The summed E-state index contributed by atoms with van der Waals surface area (Å²) < 4.78 is 29.4. The second-order valence-electron chi connectivity index (χ2n) is 6.11.